The molecule has 4 fully saturated rings. The Morgan fingerprint density at radius 1 is 1.12 bits per heavy atom. The van der Waals surface area contributed by atoms with Crippen molar-refractivity contribution in [1.29, 1.82) is 0 Å². The van der Waals surface area contributed by atoms with E-state index in [1.54, 1.807) is 0 Å². The summed E-state index contributed by atoms with van der Waals surface area (Å²) in [5, 5.41) is 0. The highest BCUT2D eigenvalue weighted by atomic mass is 16.6. The molecular weight excluding hydrogens is 306 g/mol. The third-order valence-corrected chi connectivity index (χ3v) is 6.48. The van der Waals surface area contributed by atoms with Crippen molar-refractivity contribution in [3.63, 3.8) is 0 Å². The molecule has 2 atom stereocenters. The summed E-state index contributed by atoms with van der Waals surface area (Å²) in [5.41, 5.74) is -0.271. The standard InChI is InChI=1S/C19H29NO4/c21-17-11-14(12-20(17)16-5-3-1-2-4-6-16)18(22)24-19(8-9-19)15-7-10-23-13-15/h14-16H,1-13H2/t14-,15+/m0/s1. The molecule has 5 heteroatoms. The SMILES string of the molecule is O=C(OC1([C@@H]2CCOC2)CC1)[C@H]1CC(=O)N(C2CCCCCC2)C1. The summed E-state index contributed by atoms with van der Waals surface area (Å²) in [7, 11) is 0. The van der Waals surface area contributed by atoms with Gasteiger partial charge in [-0.2, -0.15) is 0 Å². The van der Waals surface area contributed by atoms with Gasteiger partial charge in [-0.25, -0.2) is 0 Å². The lowest BCUT2D eigenvalue weighted by Crippen LogP contribution is -2.37. The Labute approximate surface area is 144 Å². The fourth-order valence-corrected chi connectivity index (χ4v) is 4.76. The normalized spacial score (nSPS) is 33.5. The van der Waals surface area contributed by atoms with Crippen LogP contribution in [0.15, 0.2) is 0 Å². The minimum absolute atomic E-state index is 0.149. The van der Waals surface area contributed by atoms with Gasteiger partial charge in [0.1, 0.15) is 5.60 Å². The number of hydrogen-bond acceptors (Lipinski definition) is 4. The van der Waals surface area contributed by atoms with E-state index in [-0.39, 0.29) is 23.4 Å². The third kappa shape index (κ3) is 3.19. The van der Waals surface area contributed by atoms with Gasteiger partial charge in [0, 0.05) is 31.5 Å². The summed E-state index contributed by atoms with van der Waals surface area (Å²) in [5.74, 6) is 0.0961. The van der Waals surface area contributed by atoms with Gasteiger partial charge in [0.05, 0.1) is 12.5 Å². The number of carbonyl (C=O) groups excluding carboxylic acids is 2. The molecule has 4 rings (SSSR count). The molecule has 134 valence electrons. The van der Waals surface area contributed by atoms with E-state index in [1.165, 1.54) is 25.7 Å². The first kappa shape index (κ1) is 16.4. The summed E-state index contributed by atoms with van der Waals surface area (Å²) in [6.45, 7) is 2.06. The summed E-state index contributed by atoms with van der Waals surface area (Å²) >= 11 is 0. The Kier molecular flexibility index (Phi) is 4.54. The van der Waals surface area contributed by atoms with Crippen molar-refractivity contribution in [2.75, 3.05) is 19.8 Å². The molecular formula is C19H29NO4. The third-order valence-electron chi connectivity index (χ3n) is 6.48. The largest absolute Gasteiger partial charge is 0.458 e. The second kappa shape index (κ2) is 6.66. The molecule has 2 saturated heterocycles. The highest BCUT2D eigenvalue weighted by Gasteiger charge is 2.55. The van der Waals surface area contributed by atoms with Crippen molar-refractivity contribution in [2.24, 2.45) is 11.8 Å². The number of rotatable bonds is 4. The van der Waals surface area contributed by atoms with Crippen LogP contribution in [0, 0.1) is 11.8 Å². The van der Waals surface area contributed by atoms with Gasteiger partial charge in [-0.3, -0.25) is 9.59 Å². The Morgan fingerprint density at radius 3 is 2.50 bits per heavy atom. The van der Waals surface area contributed by atoms with Crippen LogP contribution in [0.5, 0.6) is 0 Å². The number of likely N-dealkylation sites (tertiary alicyclic amines) is 1. The molecule has 0 spiro atoms. The van der Waals surface area contributed by atoms with Crippen molar-refractivity contribution >= 4 is 11.9 Å². The average molecular weight is 335 g/mol. The molecule has 24 heavy (non-hydrogen) atoms. The van der Waals surface area contributed by atoms with E-state index in [4.69, 9.17) is 9.47 Å². The summed E-state index contributed by atoms with van der Waals surface area (Å²) in [6, 6.07) is 0.343. The van der Waals surface area contributed by atoms with Crippen LogP contribution in [0.3, 0.4) is 0 Å². The predicted molar refractivity (Wildman–Crippen MR) is 88.3 cm³/mol. The number of ether oxygens (including phenoxy) is 2. The zero-order valence-corrected chi connectivity index (χ0v) is 14.5. The van der Waals surface area contributed by atoms with Gasteiger partial charge in [-0.05, 0) is 32.1 Å². The molecule has 5 nitrogen and oxygen atoms in total. The predicted octanol–water partition coefficient (Wildman–Crippen LogP) is 2.67. The molecule has 0 aromatic carbocycles. The van der Waals surface area contributed by atoms with Gasteiger partial charge in [-0.15, -0.1) is 0 Å². The number of esters is 1. The first-order chi connectivity index (χ1) is 11.7. The molecule has 0 unspecified atom stereocenters. The smallest absolute Gasteiger partial charge is 0.311 e. The van der Waals surface area contributed by atoms with Crippen molar-refractivity contribution in [3.05, 3.63) is 0 Å². The van der Waals surface area contributed by atoms with Crippen molar-refractivity contribution in [1.82, 2.24) is 4.90 Å². The maximum atomic E-state index is 12.7. The molecule has 2 aliphatic heterocycles. The van der Waals surface area contributed by atoms with Crippen LogP contribution in [0.25, 0.3) is 0 Å². The van der Waals surface area contributed by atoms with Crippen LogP contribution in [-0.4, -0.2) is 48.2 Å². The molecule has 2 aliphatic carbocycles. The lowest BCUT2D eigenvalue weighted by molar-refractivity contribution is -0.159. The van der Waals surface area contributed by atoms with Crippen LogP contribution in [0.2, 0.25) is 0 Å². The first-order valence-electron chi connectivity index (χ1n) is 9.78. The minimum atomic E-state index is -0.271. The monoisotopic (exact) mass is 335 g/mol. The zero-order valence-electron chi connectivity index (χ0n) is 14.5. The fourth-order valence-electron chi connectivity index (χ4n) is 4.76. The van der Waals surface area contributed by atoms with E-state index in [0.717, 1.165) is 38.7 Å². The molecule has 0 radical (unpaired) electrons. The van der Waals surface area contributed by atoms with Gasteiger partial charge < -0.3 is 14.4 Å². The van der Waals surface area contributed by atoms with Crippen LogP contribution in [0.4, 0.5) is 0 Å². The highest BCUT2D eigenvalue weighted by molar-refractivity contribution is 5.87. The summed E-state index contributed by atoms with van der Waals surface area (Å²) < 4.78 is 11.4. The Hall–Kier alpha value is -1.10. The molecule has 0 bridgehead atoms. The minimum Gasteiger partial charge on any atom is -0.458 e. The van der Waals surface area contributed by atoms with E-state index in [9.17, 15) is 9.59 Å². The van der Waals surface area contributed by atoms with Gasteiger partial charge in [0.2, 0.25) is 5.91 Å². The van der Waals surface area contributed by atoms with E-state index >= 15 is 0 Å². The van der Waals surface area contributed by atoms with E-state index in [1.807, 2.05) is 4.90 Å². The van der Waals surface area contributed by atoms with Crippen LogP contribution < -0.4 is 0 Å². The number of amides is 1. The topological polar surface area (TPSA) is 55.8 Å². The lowest BCUT2D eigenvalue weighted by Gasteiger charge is -2.27. The van der Waals surface area contributed by atoms with Crippen LogP contribution in [0.1, 0.15) is 64.2 Å². The zero-order chi connectivity index (χ0) is 16.6. The van der Waals surface area contributed by atoms with E-state index < -0.39 is 0 Å². The second-order valence-corrected chi connectivity index (χ2v) is 8.14. The lowest BCUT2D eigenvalue weighted by atomic mass is 9.99. The van der Waals surface area contributed by atoms with Gasteiger partial charge in [-0.1, -0.05) is 25.7 Å². The van der Waals surface area contributed by atoms with Crippen LogP contribution >= 0.6 is 0 Å². The Bertz CT molecular complexity index is 488. The van der Waals surface area contributed by atoms with E-state index in [0.29, 0.717) is 31.5 Å². The van der Waals surface area contributed by atoms with Crippen LogP contribution in [-0.2, 0) is 19.1 Å². The number of hydrogen-bond donors (Lipinski definition) is 0. The first-order valence-corrected chi connectivity index (χ1v) is 9.78. The Balaban J connectivity index is 1.35. The van der Waals surface area contributed by atoms with Gasteiger partial charge in [0.25, 0.3) is 0 Å². The summed E-state index contributed by atoms with van der Waals surface area (Å²) in [4.78, 5) is 27.1. The summed E-state index contributed by atoms with van der Waals surface area (Å²) in [6.07, 6.45) is 10.4. The molecule has 0 aromatic rings. The second-order valence-electron chi connectivity index (χ2n) is 8.14. The molecule has 0 N–H and O–H groups in total. The number of carbonyl (C=O) groups is 2. The van der Waals surface area contributed by atoms with E-state index in [2.05, 4.69) is 0 Å². The molecule has 2 heterocycles. The molecule has 0 aromatic heterocycles. The maximum absolute atomic E-state index is 12.7. The molecule has 2 saturated carbocycles. The van der Waals surface area contributed by atoms with Gasteiger partial charge in [0.15, 0.2) is 0 Å². The molecule has 1 amide bonds. The quantitative estimate of drug-likeness (QED) is 0.585. The highest BCUT2D eigenvalue weighted by Crippen LogP contribution is 2.49. The fraction of sp³-hybridized carbons (Fsp3) is 0.895. The van der Waals surface area contributed by atoms with Crippen molar-refractivity contribution < 1.29 is 19.1 Å². The van der Waals surface area contributed by atoms with Crippen molar-refractivity contribution in [3.8, 4) is 0 Å². The molecule has 4 aliphatic rings. The average Bonchev–Trinajstić information content (AvgIpc) is 3.05. The number of nitrogens with zero attached hydrogens (tertiary/aromatic N) is 1. The van der Waals surface area contributed by atoms with Gasteiger partial charge >= 0.3 is 5.97 Å². The van der Waals surface area contributed by atoms with Crippen molar-refractivity contribution in [2.45, 2.75) is 75.9 Å². The Morgan fingerprint density at radius 2 is 1.88 bits per heavy atom. The maximum Gasteiger partial charge on any atom is 0.311 e.